The molecule has 0 aliphatic heterocycles. The van der Waals surface area contributed by atoms with Crippen LogP contribution in [0.15, 0.2) is 53.5 Å². The average molecular weight is 354 g/mol. The predicted octanol–water partition coefficient (Wildman–Crippen LogP) is 1.64. The minimum Gasteiger partial charge on any atom is -0.484 e. The lowest BCUT2D eigenvalue weighted by Crippen LogP contribution is -2.31. The number of rotatable bonds is 8. The van der Waals surface area contributed by atoms with E-state index in [0.717, 1.165) is 6.42 Å². The fraction of sp³-hybridized carbons (Fsp3) is 0.316. The summed E-state index contributed by atoms with van der Waals surface area (Å²) in [5.41, 5.74) is 1.67. The molecule has 0 unspecified atom stereocenters. The van der Waals surface area contributed by atoms with Crippen LogP contribution in [0.4, 0.5) is 0 Å². The van der Waals surface area contributed by atoms with Crippen molar-refractivity contribution in [1.29, 1.82) is 0 Å². The van der Waals surface area contributed by atoms with Crippen molar-refractivity contribution in [3.63, 3.8) is 0 Å². The van der Waals surface area contributed by atoms with Crippen molar-refractivity contribution in [1.82, 2.24) is 19.5 Å². The van der Waals surface area contributed by atoms with Crippen LogP contribution in [0, 0.1) is 0 Å². The summed E-state index contributed by atoms with van der Waals surface area (Å²) in [6.45, 7) is 2.96. The lowest BCUT2D eigenvalue weighted by atomic mass is 10.2. The maximum atomic E-state index is 12.1. The Labute approximate surface area is 151 Å². The van der Waals surface area contributed by atoms with Crippen LogP contribution in [0.25, 0.3) is 5.65 Å². The van der Waals surface area contributed by atoms with E-state index in [1.54, 1.807) is 18.3 Å². The number of hydrogen-bond acceptors (Lipinski definition) is 4. The Morgan fingerprint density at radius 1 is 1.19 bits per heavy atom. The molecule has 0 spiro atoms. The van der Waals surface area contributed by atoms with Gasteiger partial charge in [0.1, 0.15) is 5.75 Å². The molecule has 136 valence electrons. The highest BCUT2D eigenvalue weighted by atomic mass is 16.5. The van der Waals surface area contributed by atoms with Crippen molar-refractivity contribution in [2.45, 2.75) is 26.3 Å². The number of fused-ring (bicyclic) bond motifs is 1. The van der Waals surface area contributed by atoms with Crippen LogP contribution in [0.1, 0.15) is 18.9 Å². The largest absolute Gasteiger partial charge is 0.484 e. The van der Waals surface area contributed by atoms with Crippen LogP contribution in [-0.4, -0.2) is 33.2 Å². The number of aryl methyl sites for hydroxylation is 2. The maximum Gasteiger partial charge on any atom is 0.350 e. The summed E-state index contributed by atoms with van der Waals surface area (Å²) in [7, 11) is 0. The van der Waals surface area contributed by atoms with E-state index in [1.165, 1.54) is 14.6 Å². The van der Waals surface area contributed by atoms with Crippen molar-refractivity contribution in [2.75, 3.05) is 13.2 Å². The van der Waals surface area contributed by atoms with Crippen LogP contribution in [-0.2, 0) is 17.8 Å². The highest BCUT2D eigenvalue weighted by Crippen LogP contribution is 2.12. The number of nitrogens with zero attached hydrogens (tertiary/aromatic N) is 3. The number of benzene rings is 1. The van der Waals surface area contributed by atoms with Gasteiger partial charge >= 0.3 is 5.69 Å². The lowest BCUT2D eigenvalue weighted by Gasteiger charge is -2.08. The molecule has 0 aliphatic carbocycles. The van der Waals surface area contributed by atoms with Gasteiger partial charge in [0.25, 0.3) is 5.91 Å². The molecule has 26 heavy (non-hydrogen) atoms. The maximum absolute atomic E-state index is 12.1. The highest BCUT2D eigenvalue weighted by Gasteiger charge is 2.06. The van der Waals surface area contributed by atoms with Crippen LogP contribution in [0.2, 0.25) is 0 Å². The fourth-order valence-corrected chi connectivity index (χ4v) is 2.59. The molecule has 0 atom stereocenters. The minimum atomic E-state index is -0.188. The Kier molecular flexibility index (Phi) is 5.68. The number of ether oxygens (including phenoxy) is 1. The third kappa shape index (κ3) is 4.30. The Morgan fingerprint density at radius 2 is 2.00 bits per heavy atom. The van der Waals surface area contributed by atoms with Crippen LogP contribution >= 0.6 is 0 Å². The second kappa shape index (κ2) is 8.33. The van der Waals surface area contributed by atoms with E-state index in [2.05, 4.69) is 17.3 Å². The van der Waals surface area contributed by atoms with E-state index in [9.17, 15) is 9.59 Å². The Balaban J connectivity index is 1.40. The van der Waals surface area contributed by atoms with Gasteiger partial charge in [0, 0.05) is 19.3 Å². The molecule has 0 bridgehead atoms. The summed E-state index contributed by atoms with van der Waals surface area (Å²) in [4.78, 5) is 24.0. The number of pyridine rings is 1. The van der Waals surface area contributed by atoms with Crippen LogP contribution in [0.5, 0.6) is 5.75 Å². The normalized spacial score (nSPS) is 10.8. The van der Waals surface area contributed by atoms with Gasteiger partial charge in [-0.2, -0.15) is 0 Å². The van der Waals surface area contributed by atoms with Gasteiger partial charge in [-0.1, -0.05) is 25.1 Å². The number of hydrogen-bond donors (Lipinski definition) is 1. The SMILES string of the molecule is CCc1ccc(OCC(=O)NCCCn2nc3ccccn3c2=O)cc1. The molecule has 1 aromatic carbocycles. The quantitative estimate of drug-likeness (QED) is 0.624. The molecule has 0 saturated heterocycles. The van der Waals surface area contributed by atoms with Crippen LogP contribution < -0.4 is 15.7 Å². The molecule has 1 N–H and O–H groups in total. The first-order valence-electron chi connectivity index (χ1n) is 8.70. The van der Waals surface area contributed by atoms with Crippen molar-refractivity contribution in [2.24, 2.45) is 0 Å². The van der Waals surface area contributed by atoms with Gasteiger partial charge < -0.3 is 10.1 Å². The van der Waals surface area contributed by atoms with E-state index in [0.29, 0.717) is 30.9 Å². The summed E-state index contributed by atoms with van der Waals surface area (Å²) in [5.74, 6) is 0.487. The lowest BCUT2D eigenvalue weighted by molar-refractivity contribution is -0.123. The Bertz CT molecular complexity index is 928. The second-order valence-corrected chi connectivity index (χ2v) is 5.92. The van der Waals surface area contributed by atoms with Crippen molar-refractivity contribution >= 4 is 11.6 Å². The molecule has 0 fully saturated rings. The van der Waals surface area contributed by atoms with Gasteiger partial charge in [0.05, 0.1) is 0 Å². The molecule has 2 aromatic heterocycles. The fourth-order valence-electron chi connectivity index (χ4n) is 2.59. The molecule has 1 amide bonds. The van der Waals surface area contributed by atoms with Gasteiger partial charge in [0.2, 0.25) is 0 Å². The molecule has 3 aromatic rings. The molecular formula is C19H22N4O3. The molecule has 7 heteroatoms. The van der Waals surface area contributed by atoms with E-state index in [1.807, 2.05) is 30.3 Å². The first kappa shape index (κ1) is 17.7. The third-order valence-corrected chi connectivity index (χ3v) is 4.06. The summed E-state index contributed by atoms with van der Waals surface area (Å²) in [5, 5.41) is 7.03. The predicted molar refractivity (Wildman–Crippen MR) is 98.4 cm³/mol. The van der Waals surface area contributed by atoms with Gasteiger partial charge in [-0.15, -0.1) is 5.10 Å². The standard InChI is InChI=1S/C19H22N4O3/c1-2-15-7-9-16(10-8-15)26-14-18(24)20-11-5-13-23-19(25)22-12-4-3-6-17(22)21-23/h3-4,6-10,12H,2,5,11,13-14H2,1H3,(H,20,24). The van der Waals surface area contributed by atoms with E-state index in [-0.39, 0.29) is 18.2 Å². The van der Waals surface area contributed by atoms with Crippen molar-refractivity contribution in [3.8, 4) is 5.75 Å². The third-order valence-electron chi connectivity index (χ3n) is 4.06. The average Bonchev–Trinajstić information content (AvgIpc) is 3.00. The molecule has 0 radical (unpaired) electrons. The first-order valence-corrected chi connectivity index (χ1v) is 8.70. The van der Waals surface area contributed by atoms with E-state index >= 15 is 0 Å². The Hall–Kier alpha value is -3.09. The summed E-state index contributed by atoms with van der Waals surface area (Å²) in [6.07, 6.45) is 3.27. The van der Waals surface area contributed by atoms with Gasteiger partial charge in [-0.3, -0.25) is 9.20 Å². The second-order valence-electron chi connectivity index (χ2n) is 5.92. The first-order chi connectivity index (χ1) is 12.7. The molecule has 0 aliphatic rings. The molecule has 2 heterocycles. The zero-order valence-corrected chi connectivity index (χ0v) is 14.7. The number of amides is 1. The van der Waals surface area contributed by atoms with Gasteiger partial charge in [0.15, 0.2) is 12.3 Å². The number of carbonyl (C=O) groups is 1. The topological polar surface area (TPSA) is 77.6 Å². The summed E-state index contributed by atoms with van der Waals surface area (Å²) < 4.78 is 8.36. The molecule has 3 rings (SSSR count). The minimum absolute atomic E-state index is 0.0280. The van der Waals surface area contributed by atoms with Crippen molar-refractivity contribution in [3.05, 3.63) is 64.7 Å². The Morgan fingerprint density at radius 3 is 2.73 bits per heavy atom. The molecule has 0 saturated carbocycles. The summed E-state index contributed by atoms with van der Waals surface area (Å²) in [6, 6.07) is 13.1. The smallest absolute Gasteiger partial charge is 0.350 e. The zero-order chi connectivity index (χ0) is 18.4. The van der Waals surface area contributed by atoms with Crippen molar-refractivity contribution < 1.29 is 9.53 Å². The van der Waals surface area contributed by atoms with E-state index < -0.39 is 0 Å². The zero-order valence-electron chi connectivity index (χ0n) is 14.7. The van der Waals surface area contributed by atoms with Gasteiger partial charge in [-0.25, -0.2) is 9.48 Å². The van der Waals surface area contributed by atoms with Gasteiger partial charge in [-0.05, 0) is 42.7 Å². The number of carbonyl (C=O) groups excluding carboxylic acids is 1. The van der Waals surface area contributed by atoms with Crippen LogP contribution in [0.3, 0.4) is 0 Å². The summed E-state index contributed by atoms with van der Waals surface area (Å²) >= 11 is 0. The molecule has 7 nitrogen and oxygen atoms in total. The number of aromatic nitrogens is 3. The van der Waals surface area contributed by atoms with E-state index in [4.69, 9.17) is 4.74 Å². The monoisotopic (exact) mass is 354 g/mol. The molecular weight excluding hydrogens is 332 g/mol. The highest BCUT2D eigenvalue weighted by molar-refractivity contribution is 5.77. The number of nitrogens with one attached hydrogen (secondary N) is 1.